The van der Waals surface area contributed by atoms with Crippen molar-refractivity contribution < 1.29 is 13.2 Å². The molecule has 118 valence electrons. The summed E-state index contributed by atoms with van der Waals surface area (Å²) in [6.45, 7) is 2.95. The molecule has 0 bridgehead atoms. The third-order valence-electron chi connectivity index (χ3n) is 3.00. The number of nitrogens with zero attached hydrogens (tertiary/aromatic N) is 1. The van der Waals surface area contributed by atoms with Crippen LogP contribution in [0.2, 0.25) is 0 Å². The molecule has 1 aromatic rings. The van der Waals surface area contributed by atoms with E-state index in [0.717, 1.165) is 31.5 Å². The van der Waals surface area contributed by atoms with Crippen molar-refractivity contribution in [2.75, 3.05) is 13.1 Å². The second kappa shape index (κ2) is 7.21. The highest BCUT2D eigenvalue weighted by molar-refractivity contribution is 5.80. The van der Waals surface area contributed by atoms with Crippen LogP contribution in [0.25, 0.3) is 0 Å². The average Bonchev–Trinajstić information content (AvgIpc) is 3.27. The van der Waals surface area contributed by atoms with Crippen LogP contribution >= 0.6 is 0 Å². The standard InChI is InChI=1S/C16H18F3N3/c1-2-20-15(22-14-8-9-14)21-10-4-6-12-5-3-7-13(11-12)16(17,18)19/h3,5,7,11,14H,2,8-10H2,1H3,(H2,20,21,22). The van der Waals surface area contributed by atoms with Crippen molar-refractivity contribution in [3.63, 3.8) is 0 Å². The average molecular weight is 309 g/mol. The van der Waals surface area contributed by atoms with E-state index in [0.29, 0.717) is 17.6 Å². The predicted molar refractivity (Wildman–Crippen MR) is 80.5 cm³/mol. The minimum Gasteiger partial charge on any atom is -0.357 e. The highest BCUT2D eigenvalue weighted by atomic mass is 19.4. The summed E-state index contributed by atoms with van der Waals surface area (Å²) in [4.78, 5) is 4.28. The Morgan fingerprint density at radius 1 is 1.36 bits per heavy atom. The Bertz CT molecular complexity index is 593. The molecule has 1 fully saturated rings. The van der Waals surface area contributed by atoms with E-state index in [2.05, 4.69) is 27.5 Å². The Kier molecular flexibility index (Phi) is 5.31. The van der Waals surface area contributed by atoms with Crippen LogP contribution in [0, 0.1) is 11.8 Å². The van der Waals surface area contributed by atoms with Gasteiger partial charge in [-0.25, -0.2) is 4.99 Å². The number of benzene rings is 1. The van der Waals surface area contributed by atoms with E-state index in [1.54, 1.807) is 6.07 Å². The first-order valence-corrected chi connectivity index (χ1v) is 7.20. The van der Waals surface area contributed by atoms with E-state index in [1.807, 2.05) is 6.92 Å². The first-order chi connectivity index (χ1) is 10.5. The lowest BCUT2D eigenvalue weighted by Gasteiger charge is -2.08. The SMILES string of the molecule is CCNC(=NCC#Cc1cccc(C(F)(F)F)c1)NC1CC1. The van der Waals surface area contributed by atoms with Crippen LogP contribution in [0.5, 0.6) is 0 Å². The highest BCUT2D eigenvalue weighted by Crippen LogP contribution is 2.29. The number of alkyl halides is 3. The number of aliphatic imine (C=N–C) groups is 1. The molecule has 2 rings (SSSR count). The lowest BCUT2D eigenvalue weighted by atomic mass is 10.1. The zero-order valence-corrected chi connectivity index (χ0v) is 12.3. The van der Waals surface area contributed by atoms with Gasteiger partial charge in [-0.1, -0.05) is 17.9 Å². The topological polar surface area (TPSA) is 36.4 Å². The molecule has 0 saturated heterocycles. The predicted octanol–water partition coefficient (Wildman–Crippen LogP) is 2.77. The van der Waals surface area contributed by atoms with Crippen molar-refractivity contribution in [2.45, 2.75) is 32.0 Å². The smallest absolute Gasteiger partial charge is 0.357 e. The van der Waals surface area contributed by atoms with E-state index in [-0.39, 0.29) is 6.54 Å². The van der Waals surface area contributed by atoms with Crippen LogP contribution in [0.15, 0.2) is 29.3 Å². The van der Waals surface area contributed by atoms with Crippen molar-refractivity contribution in [1.82, 2.24) is 10.6 Å². The Labute approximate surface area is 128 Å². The minimum atomic E-state index is -4.34. The van der Waals surface area contributed by atoms with Gasteiger partial charge in [-0.15, -0.1) is 0 Å². The molecule has 1 saturated carbocycles. The van der Waals surface area contributed by atoms with Gasteiger partial charge in [-0.3, -0.25) is 0 Å². The molecule has 0 amide bonds. The molecule has 0 spiro atoms. The van der Waals surface area contributed by atoms with Crippen LogP contribution in [0.1, 0.15) is 30.9 Å². The van der Waals surface area contributed by atoms with E-state index in [4.69, 9.17) is 0 Å². The summed E-state index contributed by atoms with van der Waals surface area (Å²) in [5.74, 6) is 6.19. The molecule has 0 unspecified atom stereocenters. The normalized spacial score (nSPS) is 15.0. The van der Waals surface area contributed by atoms with E-state index in [1.165, 1.54) is 6.07 Å². The van der Waals surface area contributed by atoms with Crippen molar-refractivity contribution in [1.29, 1.82) is 0 Å². The van der Waals surface area contributed by atoms with Gasteiger partial charge in [0.1, 0.15) is 6.54 Å². The van der Waals surface area contributed by atoms with Gasteiger partial charge in [0.2, 0.25) is 0 Å². The summed E-state index contributed by atoms with van der Waals surface area (Å²) in [5.41, 5.74) is -0.350. The summed E-state index contributed by atoms with van der Waals surface area (Å²) in [7, 11) is 0. The molecular formula is C16H18F3N3. The number of hydrogen-bond acceptors (Lipinski definition) is 1. The molecule has 0 radical (unpaired) electrons. The molecule has 0 atom stereocenters. The lowest BCUT2D eigenvalue weighted by molar-refractivity contribution is -0.137. The monoisotopic (exact) mass is 309 g/mol. The Hall–Kier alpha value is -2.16. The van der Waals surface area contributed by atoms with E-state index >= 15 is 0 Å². The Morgan fingerprint density at radius 2 is 2.14 bits per heavy atom. The Balaban J connectivity index is 1.97. The highest BCUT2D eigenvalue weighted by Gasteiger charge is 2.30. The largest absolute Gasteiger partial charge is 0.416 e. The maximum Gasteiger partial charge on any atom is 0.416 e. The van der Waals surface area contributed by atoms with Gasteiger partial charge in [-0.2, -0.15) is 13.2 Å². The maximum absolute atomic E-state index is 12.6. The fourth-order valence-corrected chi connectivity index (χ4v) is 1.77. The lowest BCUT2D eigenvalue weighted by Crippen LogP contribution is -2.38. The second-order valence-corrected chi connectivity index (χ2v) is 4.99. The van der Waals surface area contributed by atoms with Gasteiger partial charge in [-0.05, 0) is 38.0 Å². The summed E-state index contributed by atoms with van der Waals surface area (Å²) < 4.78 is 37.8. The fraction of sp³-hybridized carbons (Fsp3) is 0.438. The van der Waals surface area contributed by atoms with Gasteiger partial charge in [0, 0.05) is 18.2 Å². The van der Waals surface area contributed by atoms with Gasteiger partial charge in [0.15, 0.2) is 5.96 Å². The van der Waals surface area contributed by atoms with Crippen LogP contribution in [0.3, 0.4) is 0 Å². The summed E-state index contributed by atoms with van der Waals surface area (Å²) in [6.07, 6.45) is -2.07. The molecule has 0 aromatic heterocycles. The van der Waals surface area contributed by atoms with Gasteiger partial charge in [0.25, 0.3) is 0 Å². The van der Waals surface area contributed by atoms with Gasteiger partial charge < -0.3 is 10.6 Å². The maximum atomic E-state index is 12.6. The molecule has 1 aliphatic carbocycles. The van der Waals surface area contributed by atoms with Crippen molar-refractivity contribution in [3.05, 3.63) is 35.4 Å². The molecule has 0 aliphatic heterocycles. The number of hydrogen-bond donors (Lipinski definition) is 2. The molecule has 1 aliphatic rings. The zero-order valence-electron chi connectivity index (χ0n) is 12.3. The van der Waals surface area contributed by atoms with E-state index in [9.17, 15) is 13.2 Å². The Morgan fingerprint density at radius 3 is 2.77 bits per heavy atom. The van der Waals surface area contributed by atoms with Gasteiger partial charge >= 0.3 is 6.18 Å². The molecule has 1 aromatic carbocycles. The van der Waals surface area contributed by atoms with Gasteiger partial charge in [0.05, 0.1) is 5.56 Å². The molecule has 3 nitrogen and oxygen atoms in total. The summed E-state index contributed by atoms with van der Waals surface area (Å²) in [6, 6.07) is 5.47. The molecular weight excluding hydrogens is 291 g/mol. The first kappa shape index (κ1) is 16.2. The number of halogens is 3. The number of nitrogens with one attached hydrogen (secondary N) is 2. The first-order valence-electron chi connectivity index (χ1n) is 7.20. The quantitative estimate of drug-likeness (QED) is 0.512. The van der Waals surface area contributed by atoms with Crippen LogP contribution < -0.4 is 10.6 Å². The minimum absolute atomic E-state index is 0.234. The van der Waals surface area contributed by atoms with Crippen molar-refractivity contribution >= 4 is 5.96 Å². The molecule has 0 heterocycles. The van der Waals surface area contributed by atoms with Crippen LogP contribution in [-0.4, -0.2) is 25.1 Å². The molecule has 6 heteroatoms. The van der Waals surface area contributed by atoms with E-state index < -0.39 is 11.7 Å². The van der Waals surface area contributed by atoms with Crippen LogP contribution in [-0.2, 0) is 6.18 Å². The fourth-order valence-electron chi connectivity index (χ4n) is 1.77. The zero-order chi connectivity index (χ0) is 16.0. The molecule has 22 heavy (non-hydrogen) atoms. The third kappa shape index (κ3) is 5.32. The van der Waals surface area contributed by atoms with Crippen molar-refractivity contribution in [2.24, 2.45) is 4.99 Å². The van der Waals surface area contributed by atoms with Crippen LogP contribution in [0.4, 0.5) is 13.2 Å². The number of rotatable bonds is 3. The second-order valence-electron chi connectivity index (χ2n) is 4.99. The summed E-state index contributed by atoms with van der Waals surface area (Å²) >= 11 is 0. The number of guanidine groups is 1. The molecule has 2 N–H and O–H groups in total. The summed E-state index contributed by atoms with van der Waals surface area (Å²) in [5, 5.41) is 6.35. The van der Waals surface area contributed by atoms with Crippen molar-refractivity contribution in [3.8, 4) is 11.8 Å². The third-order valence-corrected chi connectivity index (χ3v) is 3.00.